The summed E-state index contributed by atoms with van der Waals surface area (Å²) in [6.45, 7) is 0.410. The van der Waals surface area contributed by atoms with E-state index in [4.69, 9.17) is 5.11 Å². The Hall–Kier alpha value is -1.70. The van der Waals surface area contributed by atoms with Crippen LogP contribution in [0.15, 0.2) is 5.29 Å². The highest BCUT2D eigenvalue weighted by Crippen LogP contribution is 2.25. The number of aliphatic hydroxyl groups is 1. The van der Waals surface area contributed by atoms with Gasteiger partial charge in [-0.1, -0.05) is 0 Å². The summed E-state index contributed by atoms with van der Waals surface area (Å²) in [5.41, 5.74) is 0. The number of aliphatic hydroxyl groups excluding tert-OH is 1. The van der Waals surface area contributed by atoms with Gasteiger partial charge in [0.25, 0.3) is 0 Å². The molecular formula is C10H15N3O5. The number of carbonyl (C=O) groups is 2. The van der Waals surface area contributed by atoms with Gasteiger partial charge >= 0.3 is 5.97 Å². The fraction of sp³-hybridized carbons (Fsp3) is 0.800. The van der Waals surface area contributed by atoms with E-state index < -0.39 is 30.1 Å². The maximum absolute atomic E-state index is 12.2. The summed E-state index contributed by atoms with van der Waals surface area (Å²) in [4.78, 5) is 34.9. The average Bonchev–Trinajstić information content (AvgIpc) is 2.93. The number of nitrogens with zero attached hydrogens (tertiary/aromatic N) is 3. The number of aliphatic carboxylic acids is 1. The molecule has 3 atom stereocenters. The molecule has 8 nitrogen and oxygen atoms in total. The molecular weight excluding hydrogens is 242 g/mol. The van der Waals surface area contributed by atoms with Crippen LogP contribution in [0.2, 0.25) is 0 Å². The number of rotatable bonds is 3. The van der Waals surface area contributed by atoms with E-state index in [-0.39, 0.29) is 13.0 Å². The molecule has 0 saturated carbocycles. The van der Waals surface area contributed by atoms with Crippen LogP contribution in [0.25, 0.3) is 0 Å². The Labute approximate surface area is 103 Å². The molecule has 100 valence electrons. The average molecular weight is 257 g/mol. The number of carbonyl (C=O) groups excluding carboxylic acids is 1. The molecule has 0 aliphatic carbocycles. The van der Waals surface area contributed by atoms with Gasteiger partial charge in [-0.3, -0.25) is 4.79 Å². The molecule has 2 fully saturated rings. The number of hydrogen-bond donors (Lipinski definition) is 2. The van der Waals surface area contributed by atoms with E-state index in [0.29, 0.717) is 19.4 Å². The minimum absolute atomic E-state index is 0.000995. The van der Waals surface area contributed by atoms with E-state index in [1.165, 1.54) is 0 Å². The fourth-order valence-electron chi connectivity index (χ4n) is 2.58. The molecule has 2 N–H and O–H groups in total. The lowest BCUT2D eigenvalue weighted by atomic mass is 10.1. The van der Waals surface area contributed by atoms with Crippen molar-refractivity contribution in [1.82, 2.24) is 9.91 Å². The predicted molar refractivity (Wildman–Crippen MR) is 59.3 cm³/mol. The highest BCUT2D eigenvalue weighted by atomic mass is 16.4. The molecule has 0 aromatic rings. The molecule has 8 heteroatoms. The summed E-state index contributed by atoms with van der Waals surface area (Å²) >= 11 is 0. The number of amides is 1. The molecule has 2 rings (SSSR count). The zero-order valence-electron chi connectivity index (χ0n) is 9.73. The molecule has 18 heavy (non-hydrogen) atoms. The standard InChI is InChI=1S/C10H15N3O5/c14-6-4-8(10(16)17)12(5-6)9(15)7-2-1-3-13(7)11-18/h6-8,14H,1-5H2,(H,16,17)/t6-,7+,8+/m1/s1. The van der Waals surface area contributed by atoms with Gasteiger partial charge in [-0.15, -0.1) is 4.91 Å². The largest absolute Gasteiger partial charge is 0.480 e. The second-order valence-electron chi connectivity index (χ2n) is 4.64. The van der Waals surface area contributed by atoms with Crippen molar-refractivity contribution in [3.63, 3.8) is 0 Å². The first kappa shape index (κ1) is 12.7. The zero-order valence-corrected chi connectivity index (χ0v) is 9.73. The Morgan fingerprint density at radius 2 is 2.00 bits per heavy atom. The molecule has 2 aliphatic rings. The Bertz CT molecular complexity index is 375. The number of likely N-dealkylation sites (tertiary alicyclic amines) is 1. The van der Waals surface area contributed by atoms with E-state index in [0.717, 1.165) is 9.91 Å². The van der Waals surface area contributed by atoms with E-state index in [2.05, 4.69) is 5.29 Å². The van der Waals surface area contributed by atoms with Crippen LogP contribution in [-0.2, 0) is 9.59 Å². The van der Waals surface area contributed by atoms with Gasteiger partial charge in [-0.2, -0.15) is 0 Å². The van der Waals surface area contributed by atoms with Crippen LogP contribution in [-0.4, -0.2) is 63.3 Å². The molecule has 0 aromatic carbocycles. The van der Waals surface area contributed by atoms with E-state index >= 15 is 0 Å². The third-order valence-corrected chi connectivity index (χ3v) is 3.46. The lowest BCUT2D eigenvalue weighted by molar-refractivity contribution is -0.150. The second-order valence-corrected chi connectivity index (χ2v) is 4.64. The number of β-amino-alcohol motifs (C(OH)–C–C–N with tert-alkyl or cyclic N) is 1. The van der Waals surface area contributed by atoms with Crippen LogP contribution in [0.5, 0.6) is 0 Å². The van der Waals surface area contributed by atoms with Gasteiger partial charge in [0, 0.05) is 19.5 Å². The number of nitroso groups, excluding NO2 is 1. The zero-order chi connectivity index (χ0) is 13.3. The molecule has 2 aliphatic heterocycles. The number of carboxylic acids is 1. The molecule has 0 aromatic heterocycles. The van der Waals surface area contributed by atoms with Crippen LogP contribution in [0.1, 0.15) is 19.3 Å². The minimum atomic E-state index is -1.14. The van der Waals surface area contributed by atoms with Gasteiger partial charge < -0.3 is 15.1 Å². The molecule has 2 heterocycles. The van der Waals surface area contributed by atoms with Crippen LogP contribution < -0.4 is 0 Å². The van der Waals surface area contributed by atoms with Gasteiger partial charge in [0.2, 0.25) is 5.91 Å². The summed E-state index contributed by atoms with van der Waals surface area (Å²) in [5.74, 6) is -1.57. The van der Waals surface area contributed by atoms with Crippen LogP contribution in [0.3, 0.4) is 0 Å². The second kappa shape index (κ2) is 4.89. The lowest BCUT2D eigenvalue weighted by Gasteiger charge is -2.26. The summed E-state index contributed by atoms with van der Waals surface area (Å²) in [5, 5.41) is 22.4. The molecule has 0 radical (unpaired) electrons. The Balaban J connectivity index is 2.12. The van der Waals surface area contributed by atoms with Gasteiger partial charge in [-0.05, 0) is 12.8 Å². The fourth-order valence-corrected chi connectivity index (χ4v) is 2.58. The highest BCUT2D eigenvalue weighted by molar-refractivity contribution is 5.87. The van der Waals surface area contributed by atoms with E-state index in [9.17, 15) is 19.6 Å². The van der Waals surface area contributed by atoms with Crippen LogP contribution in [0, 0.1) is 4.91 Å². The van der Waals surface area contributed by atoms with Gasteiger partial charge in [0.15, 0.2) is 0 Å². The highest BCUT2D eigenvalue weighted by Gasteiger charge is 2.43. The maximum atomic E-state index is 12.2. The topological polar surface area (TPSA) is 111 Å². The monoisotopic (exact) mass is 257 g/mol. The molecule has 1 amide bonds. The Morgan fingerprint density at radius 1 is 1.28 bits per heavy atom. The third kappa shape index (κ3) is 2.15. The van der Waals surface area contributed by atoms with Gasteiger partial charge in [-0.25, -0.2) is 9.80 Å². The van der Waals surface area contributed by atoms with Crippen molar-refractivity contribution in [2.24, 2.45) is 5.29 Å². The molecule has 0 bridgehead atoms. The van der Waals surface area contributed by atoms with Crippen LogP contribution >= 0.6 is 0 Å². The summed E-state index contributed by atoms with van der Waals surface area (Å²) in [6, 6.07) is -1.70. The quantitative estimate of drug-likeness (QED) is 0.639. The van der Waals surface area contributed by atoms with Crippen molar-refractivity contribution in [1.29, 1.82) is 0 Å². The van der Waals surface area contributed by atoms with Crippen molar-refractivity contribution in [3.05, 3.63) is 4.91 Å². The first-order valence-electron chi connectivity index (χ1n) is 5.86. The predicted octanol–water partition coefficient (Wildman–Crippen LogP) is -0.821. The van der Waals surface area contributed by atoms with Gasteiger partial charge in [0.1, 0.15) is 12.1 Å². The van der Waals surface area contributed by atoms with Crippen molar-refractivity contribution in [2.75, 3.05) is 13.1 Å². The lowest BCUT2D eigenvalue weighted by Crippen LogP contribution is -2.48. The molecule has 0 spiro atoms. The number of hydrogen-bond acceptors (Lipinski definition) is 5. The summed E-state index contributed by atoms with van der Waals surface area (Å²) in [7, 11) is 0. The van der Waals surface area contributed by atoms with Crippen molar-refractivity contribution in [3.8, 4) is 0 Å². The normalized spacial score (nSPS) is 31.7. The first-order valence-corrected chi connectivity index (χ1v) is 5.86. The molecule has 0 unspecified atom stereocenters. The first-order chi connectivity index (χ1) is 8.54. The Morgan fingerprint density at radius 3 is 2.61 bits per heavy atom. The smallest absolute Gasteiger partial charge is 0.326 e. The summed E-state index contributed by atoms with van der Waals surface area (Å²) in [6.07, 6.45) is 0.372. The number of carboxylic acid groups (broad SMARTS) is 1. The van der Waals surface area contributed by atoms with Crippen LogP contribution in [0.4, 0.5) is 0 Å². The minimum Gasteiger partial charge on any atom is -0.480 e. The Kier molecular flexibility index (Phi) is 3.46. The third-order valence-electron chi connectivity index (χ3n) is 3.46. The SMILES string of the molecule is O=NN1CCC[C@H]1C(=O)N1C[C@H](O)C[C@H]1C(=O)O. The van der Waals surface area contributed by atoms with E-state index in [1.807, 2.05) is 0 Å². The maximum Gasteiger partial charge on any atom is 0.326 e. The van der Waals surface area contributed by atoms with Gasteiger partial charge in [0.05, 0.1) is 11.4 Å². The van der Waals surface area contributed by atoms with Crippen molar-refractivity contribution < 1.29 is 19.8 Å². The summed E-state index contributed by atoms with van der Waals surface area (Å²) < 4.78 is 0. The molecule has 2 saturated heterocycles. The van der Waals surface area contributed by atoms with Crippen molar-refractivity contribution in [2.45, 2.75) is 37.5 Å². The van der Waals surface area contributed by atoms with Crippen molar-refractivity contribution >= 4 is 11.9 Å². The van der Waals surface area contributed by atoms with E-state index in [1.54, 1.807) is 0 Å².